The van der Waals surface area contributed by atoms with Crippen LogP contribution in [0.25, 0.3) is 21.3 Å². The highest BCUT2D eigenvalue weighted by Gasteiger charge is 2.15. The van der Waals surface area contributed by atoms with Gasteiger partial charge in [-0.25, -0.2) is 9.97 Å². The summed E-state index contributed by atoms with van der Waals surface area (Å²) in [5.41, 5.74) is 7.80. The molecule has 0 aliphatic carbocycles. The first-order valence-corrected chi connectivity index (χ1v) is 8.45. The largest absolute Gasteiger partial charge is 0.438 e. The van der Waals surface area contributed by atoms with E-state index < -0.39 is 5.91 Å². The van der Waals surface area contributed by atoms with Crippen molar-refractivity contribution in [2.75, 3.05) is 0 Å². The van der Waals surface area contributed by atoms with E-state index in [0.29, 0.717) is 17.2 Å². The summed E-state index contributed by atoms with van der Waals surface area (Å²) in [7, 11) is 0. The number of fused-ring (bicyclic) bond motifs is 1. The smallest absolute Gasteiger partial charge is 0.248 e. The molecule has 0 spiro atoms. The second-order valence-electron chi connectivity index (χ2n) is 5.37. The fourth-order valence-electron chi connectivity index (χ4n) is 2.58. The minimum Gasteiger partial charge on any atom is -0.438 e. The van der Waals surface area contributed by atoms with E-state index in [9.17, 15) is 4.79 Å². The Labute approximate surface area is 147 Å². The predicted molar refractivity (Wildman–Crippen MR) is 97.9 cm³/mol. The maximum absolute atomic E-state index is 11.4. The number of rotatable bonds is 4. The monoisotopic (exact) mass is 347 g/mol. The number of carbonyl (C=O) groups is 1. The summed E-state index contributed by atoms with van der Waals surface area (Å²) in [4.78, 5) is 20.8. The van der Waals surface area contributed by atoms with Crippen LogP contribution in [0.2, 0.25) is 0 Å². The average molecular weight is 347 g/mol. The maximum atomic E-state index is 11.4. The Morgan fingerprint density at radius 2 is 1.88 bits per heavy atom. The van der Waals surface area contributed by atoms with Gasteiger partial charge in [-0.2, -0.15) is 0 Å². The molecule has 0 fully saturated rings. The molecule has 25 heavy (non-hydrogen) atoms. The van der Waals surface area contributed by atoms with Crippen LogP contribution in [0, 0.1) is 0 Å². The van der Waals surface area contributed by atoms with Crippen LogP contribution < -0.4 is 10.5 Å². The molecule has 2 heterocycles. The first-order chi connectivity index (χ1) is 12.2. The van der Waals surface area contributed by atoms with Gasteiger partial charge in [0.2, 0.25) is 11.8 Å². The van der Waals surface area contributed by atoms with Crippen molar-refractivity contribution in [1.29, 1.82) is 0 Å². The van der Waals surface area contributed by atoms with Crippen LogP contribution in [0.15, 0.2) is 66.3 Å². The molecule has 6 heteroatoms. The Morgan fingerprint density at radius 3 is 2.68 bits per heavy atom. The highest BCUT2D eigenvalue weighted by molar-refractivity contribution is 7.17. The number of amides is 1. The first kappa shape index (κ1) is 15.3. The third-order valence-corrected chi connectivity index (χ3v) is 4.64. The summed E-state index contributed by atoms with van der Waals surface area (Å²) in [6.45, 7) is 0. The number of primary amides is 1. The topological polar surface area (TPSA) is 78.1 Å². The Balaban J connectivity index is 1.81. The van der Waals surface area contributed by atoms with Crippen LogP contribution in [0.1, 0.15) is 10.4 Å². The Morgan fingerprint density at radius 1 is 1.04 bits per heavy atom. The van der Waals surface area contributed by atoms with Crippen molar-refractivity contribution >= 4 is 27.5 Å². The third kappa shape index (κ3) is 2.95. The standard InChI is InChI=1S/C19H13N3O2S/c20-17(23)13-7-4-8-14(9-13)24-18-16-15(12-5-2-1-3-6-12)10-25-19(16)22-11-21-18/h1-11H,(H2,20,23). The summed E-state index contributed by atoms with van der Waals surface area (Å²) < 4.78 is 5.95. The van der Waals surface area contributed by atoms with E-state index in [2.05, 4.69) is 9.97 Å². The predicted octanol–water partition coefficient (Wildman–Crippen LogP) is 4.25. The maximum Gasteiger partial charge on any atom is 0.248 e. The quantitative estimate of drug-likeness (QED) is 0.598. The second-order valence-corrected chi connectivity index (χ2v) is 6.23. The van der Waals surface area contributed by atoms with Gasteiger partial charge >= 0.3 is 0 Å². The van der Waals surface area contributed by atoms with Gasteiger partial charge in [0, 0.05) is 16.5 Å². The lowest BCUT2D eigenvalue weighted by molar-refractivity contribution is 0.1000. The van der Waals surface area contributed by atoms with E-state index in [0.717, 1.165) is 21.3 Å². The molecule has 0 bridgehead atoms. The summed E-state index contributed by atoms with van der Waals surface area (Å²) in [6, 6.07) is 16.7. The number of ether oxygens (including phenoxy) is 1. The van der Waals surface area contributed by atoms with E-state index in [1.54, 1.807) is 24.3 Å². The third-order valence-electron chi connectivity index (χ3n) is 3.75. The highest BCUT2D eigenvalue weighted by atomic mass is 32.1. The molecule has 0 saturated heterocycles. The molecule has 0 aliphatic heterocycles. The molecule has 122 valence electrons. The Hall–Kier alpha value is -3.25. The Bertz CT molecular complexity index is 1060. The molecule has 0 atom stereocenters. The number of nitrogens with two attached hydrogens (primary N) is 1. The summed E-state index contributed by atoms with van der Waals surface area (Å²) >= 11 is 1.54. The van der Waals surface area contributed by atoms with Crippen molar-refractivity contribution in [2.24, 2.45) is 5.73 Å². The van der Waals surface area contributed by atoms with Crippen LogP contribution in [0.5, 0.6) is 11.6 Å². The van der Waals surface area contributed by atoms with Gasteiger partial charge in [-0.15, -0.1) is 11.3 Å². The number of aromatic nitrogens is 2. The van der Waals surface area contributed by atoms with E-state index >= 15 is 0 Å². The van der Waals surface area contributed by atoms with Crippen LogP contribution >= 0.6 is 11.3 Å². The van der Waals surface area contributed by atoms with E-state index in [-0.39, 0.29) is 0 Å². The van der Waals surface area contributed by atoms with Crippen LogP contribution in [0.4, 0.5) is 0 Å². The van der Waals surface area contributed by atoms with Crippen LogP contribution in [-0.2, 0) is 0 Å². The molecule has 4 rings (SSSR count). The molecule has 1 amide bonds. The average Bonchev–Trinajstić information content (AvgIpc) is 3.08. The van der Waals surface area contributed by atoms with Crippen molar-refractivity contribution in [3.63, 3.8) is 0 Å². The highest BCUT2D eigenvalue weighted by Crippen LogP contribution is 2.38. The number of hydrogen-bond donors (Lipinski definition) is 1. The summed E-state index contributed by atoms with van der Waals surface area (Å²) in [5.74, 6) is 0.451. The van der Waals surface area contributed by atoms with Crippen molar-refractivity contribution in [3.05, 3.63) is 71.9 Å². The molecule has 4 aromatic rings. The van der Waals surface area contributed by atoms with Crippen molar-refractivity contribution in [1.82, 2.24) is 9.97 Å². The zero-order valence-corrected chi connectivity index (χ0v) is 13.9. The SMILES string of the molecule is NC(=O)c1cccc(Oc2ncnc3scc(-c4ccccc4)c23)c1. The molecule has 0 radical (unpaired) electrons. The molecule has 0 aliphatic rings. The molecule has 2 N–H and O–H groups in total. The van der Waals surface area contributed by atoms with Gasteiger partial charge in [0.15, 0.2) is 0 Å². The van der Waals surface area contributed by atoms with Crippen molar-refractivity contribution in [2.45, 2.75) is 0 Å². The fraction of sp³-hybridized carbons (Fsp3) is 0. The lowest BCUT2D eigenvalue weighted by atomic mass is 10.1. The van der Waals surface area contributed by atoms with Gasteiger partial charge in [-0.05, 0) is 23.8 Å². The second kappa shape index (κ2) is 6.33. The molecule has 0 saturated carbocycles. The van der Waals surface area contributed by atoms with E-state index in [1.165, 1.54) is 17.7 Å². The van der Waals surface area contributed by atoms with E-state index in [4.69, 9.17) is 10.5 Å². The molecular formula is C19H13N3O2S. The van der Waals surface area contributed by atoms with Gasteiger partial charge < -0.3 is 10.5 Å². The minimum absolute atomic E-state index is 0.386. The van der Waals surface area contributed by atoms with Gasteiger partial charge in [0.25, 0.3) is 0 Å². The summed E-state index contributed by atoms with van der Waals surface area (Å²) in [5, 5.41) is 2.89. The zero-order valence-electron chi connectivity index (χ0n) is 13.0. The Kier molecular flexibility index (Phi) is 3.87. The number of hydrogen-bond acceptors (Lipinski definition) is 5. The van der Waals surface area contributed by atoms with Crippen molar-refractivity contribution < 1.29 is 9.53 Å². The van der Waals surface area contributed by atoms with Gasteiger partial charge in [-0.1, -0.05) is 36.4 Å². The molecule has 2 aromatic carbocycles. The molecule has 5 nitrogen and oxygen atoms in total. The fourth-order valence-corrected chi connectivity index (χ4v) is 3.49. The minimum atomic E-state index is -0.501. The van der Waals surface area contributed by atoms with Crippen LogP contribution in [-0.4, -0.2) is 15.9 Å². The van der Waals surface area contributed by atoms with Gasteiger partial charge in [0.05, 0.1) is 5.39 Å². The van der Waals surface area contributed by atoms with Gasteiger partial charge in [-0.3, -0.25) is 4.79 Å². The molecule has 0 unspecified atom stereocenters. The van der Waals surface area contributed by atoms with E-state index in [1.807, 2.05) is 35.7 Å². The number of carbonyl (C=O) groups excluding carboxylic acids is 1. The number of thiophene rings is 1. The lowest BCUT2D eigenvalue weighted by Crippen LogP contribution is -2.10. The normalized spacial score (nSPS) is 10.7. The van der Waals surface area contributed by atoms with Gasteiger partial charge in [0.1, 0.15) is 16.9 Å². The van der Waals surface area contributed by atoms with Crippen LogP contribution in [0.3, 0.4) is 0 Å². The lowest BCUT2D eigenvalue weighted by Gasteiger charge is -2.08. The zero-order chi connectivity index (χ0) is 17.2. The molecule has 2 aromatic heterocycles. The first-order valence-electron chi connectivity index (χ1n) is 7.58. The van der Waals surface area contributed by atoms with Crippen molar-refractivity contribution in [3.8, 4) is 22.8 Å². The summed E-state index contributed by atoms with van der Waals surface area (Å²) in [6.07, 6.45) is 1.47. The number of benzene rings is 2. The molecular weight excluding hydrogens is 334 g/mol. The number of nitrogens with zero attached hydrogens (tertiary/aromatic N) is 2.